The number of pyridine rings is 1. The number of aryl methyl sites for hydroxylation is 2. The molecule has 1 N–H and O–H groups in total. The van der Waals surface area contributed by atoms with Crippen molar-refractivity contribution in [2.75, 3.05) is 19.6 Å². The minimum absolute atomic E-state index is 0.00806. The van der Waals surface area contributed by atoms with Crippen LogP contribution in [0.1, 0.15) is 54.2 Å². The van der Waals surface area contributed by atoms with Crippen molar-refractivity contribution in [1.82, 2.24) is 34.5 Å². The lowest BCUT2D eigenvalue weighted by Gasteiger charge is -2.36. The van der Waals surface area contributed by atoms with Crippen molar-refractivity contribution < 1.29 is 4.79 Å². The Bertz CT molecular complexity index is 1010. The van der Waals surface area contributed by atoms with E-state index in [0.29, 0.717) is 18.7 Å². The molecule has 4 rings (SSSR count). The molecule has 0 aromatic carbocycles. The first kappa shape index (κ1) is 18.6. The number of hydrogen-bond acceptors (Lipinski definition) is 5. The maximum absolute atomic E-state index is 13.6. The van der Waals surface area contributed by atoms with Gasteiger partial charge in [0.25, 0.3) is 5.91 Å². The average Bonchev–Trinajstić information content (AvgIpc) is 3.32. The van der Waals surface area contributed by atoms with Crippen molar-refractivity contribution >= 4 is 16.9 Å². The van der Waals surface area contributed by atoms with Gasteiger partial charge in [-0.3, -0.25) is 4.79 Å². The zero-order valence-electron chi connectivity index (χ0n) is 16.9. The second-order valence-corrected chi connectivity index (χ2v) is 7.51. The number of imidazole rings is 1. The fourth-order valence-electron chi connectivity index (χ4n) is 3.85. The minimum atomic E-state index is -0.102. The molecular weight excluding hydrogens is 354 g/mol. The summed E-state index contributed by atoms with van der Waals surface area (Å²) >= 11 is 0. The van der Waals surface area contributed by atoms with Crippen LogP contribution in [0.4, 0.5) is 0 Å². The molecule has 0 radical (unpaired) electrons. The SMILES string of the molecule is CCC(C)n1ncc2c(C(=O)N3CCNCC3c3nccn3C)cc(C)nc21. The number of carbonyl (C=O) groups excluding carboxylic acids is 1. The van der Waals surface area contributed by atoms with Gasteiger partial charge in [-0.1, -0.05) is 6.92 Å². The third-order valence-electron chi connectivity index (χ3n) is 5.59. The van der Waals surface area contributed by atoms with E-state index in [4.69, 9.17) is 0 Å². The van der Waals surface area contributed by atoms with E-state index in [1.54, 1.807) is 12.4 Å². The monoisotopic (exact) mass is 381 g/mol. The number of nitrogens with zero attached hydrogens (tertiary/aromatic N) is 6. The molecule has 3 aromatic heterocycles. The Balaban J connectivity index is 1.77. The number of hydrogen-bond donors (Lipinski definition) is 1. The molecule has 4 heterocycles. The van der Waals surface area contributed by atoms with Crippen LogP contribution in [0.2, 0.25) is 0 Å². The van der Waals surface area contributed by atoms with Crippen molar-refractivity contribution in [3.8, 4) is 0 Å². The lowest BCUT2D eigenvalue weighted by atomic mass is 10.1. The lowest BCUT2D eigenvalue weighted by molar-refractivity contribution is 0.0622. The largest absolute Gasteiger partial charge is 0.336 e. The van der Waals surface area contributed by atoms with Crippen molar-refractivity contribution in [2.24, 2.45) is 7.05 Å². The van der Waals surface area contributed by atoms with Crippen LogP contribution in [0.3, 0.4) is 0 Å². The van der Waals surface area contributed by atoms with E-state index in [9.17, 15) is 4.79 Å². The standard InChI is InChI=1S/C20H27N7O/c1-5-14(3)27-18-16(11-23-27)15(10-13(2)24-18)20(28)26-9-6-21-12-17(26)19-22-7-8-25(19)4/h7-8,10-11,14,17,21H,5-6,9,12H2,1-4H3. The van der Waals surface area contributed by atoms with Crippen molar-refractivity contribution in [1.29, 1.82) is 0 Å². The Morgan fingerprint density at radius 3 is 2.96 bits per heavy atom. The van der Waals surface area contributed by atoms with Crippen LogP contribution in [0.5, 0.6) is 0 Å². The van der Waals surface area contributed by atoms with Gasteiger partial charge < -0.3 is 14.8 Å². The molecule has 1 saturated heterocycles. The molecule has 2 unspecified atom stereocenters. The molecule has 1 amide bonds. The van der Waals surface area contributed by atoms with Crippen molar-refractivity contribution in [3.05, 3.63) is 41.7 Å². The van der Waals surface area contributed by atoms with Crippen molar-refractivity contribution in [3.63, 3.8) is 0 Å². The van der Waals surface area contributed by atoms with Crippen LogP contribution in [0, 0.1) is 6.92 Å². The van der Waals surface area contributed by atoms with Gasteiger partial charge in [-0.2, -0.15) is 5.10 Å². The molecule has 0 bridgehead atoms. The summed E-state index contributed by atoms with van der Waals surface area (Å²) in [4.78, 5) is 24.7. The van der Waals surface area contributed by atoms with Gasteiger partial charge in [-0.25, -0.2) is 14.6 Å². The molecule has 1 aliphatic rings. The number of carbonyl (C=O) groups is 1. The summed E-state index contributed by atoms with van der Waals surface area (Å²) < 4.78 is 3.90. The molecule has 3 aromatic rings. The summed E-state index contributed by atoms with van der Waals surface area (Å²) in [6.45, 7) is 8.27. The molecule has 8 nitrogen and oxygen atoms in total. The number of rotatable bonds is 4. The van der Waals surface area contributed by atoms with E-state index in [-0.39, 0.29) is 18.0 Å². The Labute approximate surface area is 164 Å². The predicted molar refractivity (Wildman–Crippen MR) is 107 cm³/mol. The fourth-order valence-corrected chi connectivity index (χ4v) is 3.85. The lowest BCUT2D eigenvalue weighted by Crippen LogP contribution is -2.49. The van der Waals surface area contributed by atoms with Gasteiger partial charge in [-0.15, -0.1) is 0 Å². The van der Waals surface area contributed by atoms with Gasteiger partial charge in [0.1, 0.15) is 11.9 Å². The molecule has 8 heteroatoms. The molecule has 2 atom stereocenters. The highest BCUT2D eigenvalue weighted by Crippen LogP contribution is 2.27. The van der Waals surface area contributed by atoms with Gasteiger partial charge in [0.15, 0.2) is 5.65 Å². The van der Waals surface area contributed by atoms with E-state index < -0.39 is 0 Å². The number of aromatic nitrogens is 5. The molecule has 0 aliphatic carbocycles. The Morgan fingerprint density at radius 2 is 2.25 bits per heavy atom. The van der Waals surface area contributed by atoms with Gasteiger partial charge in [0.05, 0.1) is 23.2 Å². The number of piperazine rings is 1. The molecule has 28 heavy (non-hydrogen) atoms. The van der Waals surface area contributed by atoms with E-state index in [1.807, 2.05) is 40.4 Å². The van der Waals surface area contributed by atoms with Crippen LogP contribution >= 0.6 is 0 Å². The Hall–Kier alpha value is -2.74. The van der Waals surface area contributed by atoms with Gasteiger partial charge in [0, 0.05) is 44.8 Å². The number of fused-ring (bicyclic) bond motifs is 1. The van der Waals surface area contributed by atoms with Crippen LogP contribution < -0.4 is 5.32 Å². The maximum atomic E-state index is 13.6. The Morgan fingerprint density at radius 1 is 1.43 bits per heavy atom. The first-order valence-electron chi connectivity index (χ1n) is 9.85. The third kappa shape index (κ3) is 3.07. The number of nitrogens with one attached hydrogen (secondary N) is 1. The van der Waals surface area contributed by atoms with Crippen LogP contribution in [-0.2, 0) is 7.05 Å². The highest BCUT2D eigenvalue weighted by molar-refractivity contribution is 6.05. The normalized spacial score (nSPS) is 18.6. The van der Waals surface area contributed by atoms with Crippen molar-refractivity contribution in [2.45, 2.75) is 39.3 Å². The summed E-state index contributed by atoms with van der Waals surface area (Å²) in [6, 6.07) is 2.01. The van der Waals surface area contributed by atoms with Crippen LogP contribution in [0.25, 0.3) is 11.0 Å². The zero-order valence-corrected chi connectivity index (χ0v) is 16.9. The smallest absolute Gasteiger partial charge is 0.255 e. The highest BCUT2D eigenvalue weighted by atomic mass is 16.2. The van der Waals surface area contributed by atoms with Crippen LogP contribution in [0.15, 0.2) is 24.7 Å². The third-order valence-corrected chi connectivity index (χ3v) is 5.59. The van der Waals surface area contributed by atoms with E-state index in [0.717, 1.165) is 35.5 Å². The molecular formula is C20H27N7O. The second-order valence-electron chi connectivity index (χ2n) is 7.51. The van der Waals surface area contributed by atoms with Gasteiger partial charge >= 0.3 is 0 Å². The summed E-state index contributed by atoms with van der Waals surface area (Å²) in [5.74, 6) is 0.895. The van der Waals surface area contributed by atoms with Gasteiger partial charge in [0.2, 0.25) is 0 Å². The highest BCUT2D eigenvalue weighted by Gasteiger charge is 2.32. The summed E-state index contributed by atoms with van der Waals surface area (Å²) in [5, 5.41) is 8.73. The summed E-state index contributed by atoms with van der Waals surface area (Å²) in [7, 11) is 1.96. The van der Waals surface area contributed by atoms with Crippen LogP contribution in [-0.4, -0.2) is 54.8 Å². The number of amides is 1. The second kappa shape index (κ2) is 7.35. The van der Waals surface area contributed by atoms with E-state index in [2.05, 4.69) is 34.2 Å². The molecule has 0 spiro atoms. The first-order chi connectivity index (χ1) is 13.5. The minimum Gasteiger partial charge on any atom is -0.336 e. The predicted octanol–water partition coefficient (Wildman–Crippen LogP) is 2.23. The topological polar surface area (TPSA) is 80.9 Å². The van der Waals surface area contributed by atoms with E-state index >= 15 is 0 Å². The zero-order chi connectivity index (χ0) is 19.8. The maximum Gasteiger partial charge on any atom is 0.255 e. The molecule has 0 saturated carbocycles. The van der Waals surface area contributed by atoms with E-state index in [1.165, 1.54) is 0 Å². The quantitative estimate of drug-likeness (QED) is 0.750. The summed E-state index contributed by atoms with van der Waals surface area (Å²) in [6.07, 6.45) is 6.42. The molecule has 148 valence electrons. The summed E-state index contributed by atoms with van der Waals surface area (Å²) in [5.41, 5.74) is 2.27. The average molecular weight is 381 g/mol. The van der Waals surface area contributed by atoms with Gasteiger partial charge in [-0.05, 0) is 26.3 Å². The fraction of sp³-hybridized carbons (Fsp3) is 0.500. The molecule has 1 fully saturated rings. The first-order valence-corrected chi connectivity index (χ1v) is 9.85. The Kier molecular flexibility index (Phi) is 4.89. The molecule has 1 aliphatic heterocycles.